The van der Waals surface area contributed by atoms with Gasteiger partial charge >= 0.3 is 39.5 Å². The van der Waals surface area contributed by atoms with Crippen LogP contribution in [0.1, 0.15) is 376 Å². The summed E-state index contributed by atoms with van der Waals surface area (Å²) in [6.45, 7) is 14.1. The molecule has 0 spiro atoms. The smallest absolute Gasteiger partial charge is 0.462 e. The highest BCUT2D eigenvalue weighted by molar-refractivity contribution is 7.47. The highest BCUT2D eigenvalue weighted by atomic mass is 31.2. The third-order valence-corrected chi connectivity index (χ3v) is 19.9. The van der Waals surface area contributed by atoms with Crippen molar-refractivity contribution in [1.82, 2.24) is 0 Å². The van der Waals surface area contributed by atoms with Crippen LogP contribution in [0.2, 0.25) is 0 Å². The lowest BCUT2D eigenvalue weighted by Gasteiger charge is -2.21. The van der Waals surface area contributed by atoms with Crippen molar-refractivity contribution in [2.45, 2.75) is 395 Å². The number of phosphoric ester groups is 2. The van der Waals surface area contributed by atoms with Gasteiger partial charge in [0.25, 0.3) is 0 Å². The fourth-order valence-electron chi connectivity index (χ4n) is 11.3. The molecule has 0 saturated heterocycles. The summed E-state index contributed by atoms with van der Waals surface area (Å²) in [6.07, 6.45) is 48.8. The number of aliphatic hydroxyl groups is 1. The molecule has 558 valence electrons. The van der Waals surface area contributed by atoms with Crippen molar-refractivity contribution in [3.05, 3.63) is 0 Å². The number of aliphatic hydroxyl groups excluding tert-OH is 1. The molecule has 0 aromatic heterocycles. The second kappa shape index (κ2) is 64.4. The SMILES string of the molecule is CCC(C)CCCCCCCCCCCCCCCCC(=O)OC[C@H](COP(=O)(O)OC[C@@H](O)COP(=O)(O)OC[C@@H](COC(=O)CCCCCCCCC(C)C)OC(=O)CCCCCCCCCCCCCCCCC(C)C)OC(=O)CCCCCCCCC(C)CC. The summed E-state index contributed by atoms with van der Waals surface area (Å²) in [5.41, 5.74) is 0. The van der Waals surface area contributed by atoms with Gasteiger partial charge in [-0.15, -0.1) is 0 Å². The Labute approximate surface area is 575 Å². The van der Waals surface area contributed by atoms with E-state index in [4.69, 9.17) is 37.0 Å². The zero-order valence-corrected chi connectivity index (χ0v) is 63.4. The summed E-state index contributed by atoms with van der Waals surface area (Å²) in [6, 6.07) is 0. The molecule has 3 N–H and O–H groups in total. The Kier molecular flexibility index (Phi) is 63.1. The number of unbranched alkanes of at least 4 members (excludes halogenated alkanes) is 36. The zero-order valence-electron chi connectivity index (χ0n) is 61.6. The number of esters is 4. The average molecular weight is 1380 g/mol. The van der Waals surface area contributed by atoms with E-state index in [1.165, 1.54) is 173 Å². The first-order valence-electron chi connectivity index (χ1n) is 38.8. The predicted molar refractivity (Wildman–Crippen MR) is 381 cm³/mol. The van der Waals surface area contributed by atoms with Crippen LogP contribution in [-0.4, -0.2) is 96.7 Å². The van der Waals surface area contributed by atoms with Gasteiger partial charge in [0, 0.05) is 25.7 Å². The van der Waals surface area contributed by atoms with Gasteiger partial charge in [-0.2, -0.15) is 0 Å². The van der Waals surface area contributed by atoms with Crippen LogP contribution in [0, 0.1) is 23.7 Å². The number of phosphoric acid groups is 2. The Morgan fingerprint density at radius 1 is 0.298 bits per heavy atom. The molecule has 0 aliphatic heterocycles. The lowest BCUT2D eigenvalue weighted by Crippen LogP contribution is -2.30. The van der Waals surface area contributed by atoms with E-state index >= 15 is 0 Å². The third kappa shape index (κ3) is 66.0. The van der Waals surface area contributed by atoms with E-state index < -0.39 is 97.5 Å². The highest BCUT2D eigenvalue weighted by Crippen LogP contribution is 2.45. The molecule has 4 unspecified atom stereocenters. The van der Waals surface area contributed by atoms with Crippen LogP contribution in [0.25, 0.3) is 0 Å². The van der Waals surface area contributed by atoms with Gasteiger partial charge in [0.05, 0.1) is 26.4 Å². The molecular formula is C75H146O17P2. The monoisotopic (exact) mass is 1380 g/mol. The lowest BCUT2D eigenvalue weighted by molar-refractivity contribution is -0.161. The number of carbonyl (C=O) groups excluding carboxylic acids is 4. The van der Waals surface area contributed by atoms with E-state index in [1.54, 1.807) is 0 Å². The van der Waals surface area contributed by atoms with Crippen molar-refractivity contribution in [3.63, 3.8) is 0 Å². The predicted octanol–water partition coefficient (Wildman–Crippen LogP) is 21.7. The fourth-order valence-corrected chi connectivity index (χ4v) is 12.9. The minimum atomic E-state index is -4.96. The van der Waals surface area contributed by atoms with Crippen LogP contribution in [0.15, 0.2) is 0 Å². The van der Waals surface area contributed by atoms with Gasteiger partial charge < -0.3 is 33.8 Å². The summed E-state index contributed by atoms with van der Waals surface area (Å²) in [5.74, 6) is 0.918. The van der Waals surface area contributed by atoms with Gasteiger partial charge in [-0.05, 0) is 49.4 Å². The van der Waals surface area contributed by atoms with E-state index in [0.717, 1.165) is 114 Å². The first kappa shape index (κ1) is 92.1. The maximum Gasteiger partial charge on any atom is 0.472 e. The van der Waals surface area contributed by atoms with Crippen molar-refractivity contribution >= 4 is 39.5 Å². The quantitative estimate of drug-likeness (QED) is 0.0222. The summed E-state index contributed by atoms with van der Waals surface area (Å²) in [5, 5.41) is 10.6. The van der Waals surface area contributed by atoms with Gasteiger partial charge in [-0.3, -0.25) is 37.3 Å². The number of rotatable bonds is 72. The Morgan fingerprint density at radius 2 is 0.511 bits per heavy atom. The normalized spacial score (nSPS) is 14.7. The van der Waals surface area contributed by atoms with Crippen LogP contribution < -0.4 is 0 Å². The molecule has 0 aliphatic rings. The summed E-state index contributed by atoms with van der Waals surface area (Å²) in [7, 11) is -9.91. The Bertz CT molecular complexity index is 1850. The number of ether oxygens (including phenoxy) is 4. The van der Waals surface area contributed by atoms with E-state index in [2.05, 4.69) is 55.4 Å². The molecule has 0 fully saturated rings. The lowest BCUT2D eigenvalue weighted by atomic mass is 9.99. The molecule has 19 heteroatoms. The molecule has 0 bridgehead atoms. The maximum atomic E-state index is 13.0. The Hall–Kier alpha value is -1.94. The molecule has 0 aromatic rings. The standard InChI is InChI=1S/C75H146O17P2/c1-9-67(7)53-45-37-28-24-20-16-12-14-17-21-25-29-39-47-55-72(77)85-61-71(92-75(80)58-50-42-34-32-38-46-54-68(8)10-2)64-90-94(83,84)88-60-69(76)59-87-93(81,82)89-63-70(62-86-73(78)56-48-40-33-31-36-44-52-66(5)6)91-74(79)57-49-41-30-26-22-18-13-11-15-19-23-27-35-43-51-65(3)4/h65-71,76H,9-64H2,1-8H3,(H,81,82)(H,83,84)/t67?,68?,69-,70+,71+/m0/s1. The second-order valence-electron chi connectivity index (χ2n) is 28.5. The molecule has 94 heavy (non-hydrogen) atoms. The minimum Gasteiger partial charge on any atom is -0.462 e. The van der Waals surface area contributed by atoms with E-state index in [0.29, 0.717) is 31.6 Å². The molecular weight excluding hydrogens is 1230 g/mol. The summed E-state index contributed by atoms with van der Waals surface area (Å²) < 4.78 is 68.4. The van der Waals surface area contributed by atoms with Crippen LogP contribution in [-0.2, 0) is 65.4 Å². The number of hydrogen-bond acceptors (Lipinski definition) is 15. The van der Waals surface area contributed by atoms with Gasteiger partial charge in [0.2, 0.25) is 0 Å². The van der Waals surface area contributed by atoms with Gasteiger partial charge in [0.1, 0.15) is 19.3 Å². The van der Waals surface area contributed by atoms with Gasteiger partial charge in [-0.25, -0.2) is 9.13 Å². The third-order valence-electron chi connectivity index (χ3n) is 18.0. The van der Waals surface area contributed by atoms with Crippen LogP contribution >= 0.6 is 15.6 Å². The van der Waals surface area contributed by atoms with Crippen molar-refractivity contribution in [1.29, 1.82) is 0 Å². The van der Waals surface area contributed by atoms with Gasteiger partial charge in [-0.1, -0.05) is 325 Å². The van der Waals surface area contributed by atoms with Crippen molar-refractivity contribution in [3.8, 4) is 0 Å². The first-order chi connectivity index (χ1) is 45.2. The fraction of sp³-hybridized carbons (Fsp3) is 0.947. The minimum absolute atomic E-state index is 0.103. The number of hydrogen-bond donors (Lipinski definition) is 3. The average Bonchev–Trinajstić information content (AvgIpc) is 1.76. The maximum absolute atomic E-state index is 13.0. The molecule has 17 nitrogen and oxygen atoms in total. The molecule has 0 heterocycles. The molecule has 0 aromatic carbocycles. The van der Waals surface area contributed by atoms with E-state index in [1.807, 2.05) is 0 Å². The molecule has 0 rings (SSSR count). The molecule has 0 aliphatic carbocycles. The summed E-state index contributed by atoms with van der Waals surface area (Å²) >= 11 is 0. The highest BCUT2D eigenvalue weighted by Gasteiger charge is 2.30. The van der Waals surface area contributed by atoms with Gasteiger partial charge in [0.15, 0.2) is 12.2 Å². The number of carbonyl (C=O) groups is 4. The Balaban J connectivity index is 5.17. The van der Waals surface area contributed by atoms with Crippen LogP contribution in [0.5, 0.6) is 0 Å². The van der Waals surface area contributed by atoms with Crippen LogP contribution in [0.3, 0.4) is 0 Å². The molecule has 0 radical (unpaired) electrons. The first-order valence-corrected chi connectivity index (χ1v) is 41.8. The van der Waals surface area contributed by atoms with Crippen molar-refractivity contribution in [2.24, 2.45) is 23.7 Å². The zero-order chi connectivity index (χ0) is 69.6. The second-order valence-corrected chi connectivity index (χ2v) is 31.4. The van der Waals surface area contributed by atoms with Crippen molar-refractivity contribution < 1.29 is 80.2 Å². The molecule has 0 saturated carbocycles. The van der Waals surface area contributed by atoms with E-state index in [-0.39, 0.29) is 25.7 Å². The van der Waals surface area contributed by atoms with Crippen molar-refractivity contribution in [2.75, 3.05) is 39.6 Å². The Morgan fingerprint density at radius 3 is 0.755 bits per heavy atom. The largest absolute Gasteiger partial charge is 0.472 e. The summed E-state index contributed by atoms with van der Waals surface area (Å²) in [4.78, 5) is 72.7. The van der Waals surface area contributed by atoms with Crippen LogP contribution in [0.4, 0.5) is 0 Å². The molecule has 0 amide bonds. The topological polar surface area (TPSA) is 237 Å². The van der Waals surface area contributed by atoms with E-state index in [9.17, 15) is 43.2 Å². The molecule has 7 atom stereocenters.